The molecule has 2 amide bonds. The number of ether oxygens (including phenoxy) is 1. The molecule has 1 N–H and O–H groups in total. The zero-order valence-electron chi connectivity index (χ0n) is 12.0. The highest BCUT2D eigenvalue weighted by atomic mass is 19.1. The first kappa shape index (κ1) is 17.0. The van der Waals surface area contributed by atoms with Gasteiger partial charge < -0.3 is 15.0 Å². The van der Waals surface area contributed by atoms with E-state index in [0.29, 0.717) is 13.2 Å². The molecule has 0 saturated heterocycles. The van der Waals surface area contributed by atoms with Gasteiger partial charge in [0.1, 0.15) is 17.3 Å². The Bertz CT molecular complexity index is 489. The lowest BCUT2D eigenvalue weighted by Gasteiger charge is -2.20. The summed E-state index contributed by atoms with van der Waals surface area (Å²) in [4.78, 5) is 24.5. The second kappa shape index (κ2) is 8.31. The first-order valence-electron chi connectivity index (χ1n) is 6.44. The number of hydrogen-bond donors (Lipinski definition) is 1. The van der Waals surface area contributed by atoms with Crippen molar-refractivity contribution in [1.82, 2.24) is 4.90 Å². The van der Waals surface area contributed by atoms with Gasteiger partial charge in [-0.3, -0.25) is 9.59 Å². The number of benzene rings is 1. The summed E-state index contributed by atoms with van der Waals surface area (Å²) in [5, 5.41) is 2.17. The summed E-state index contributed by atoms with van der Waals surface area (Å²) < 4.78 is 31.6. The third-order valence-electron chi connectivity index (χ3n) is 2.85. The predicted molar refractivity (Wildman–Crippen MR) is 73.7 cm³/mol. The Morgan fingerprint density at radius 2 is 1.86 bits per heavy atom. The Labute approximate surface area is 121 Å². The van der Waals surface area contributed by atoms with E-state index >= 15 is 0 Å². The SMILES string of the molecule is COCCN(CCC(=O)Nc1c(F)cccc1F)C(C)=O. The fourth-order valence-electron chi connectivity index (χ4n) is 1.68. The van der Waals surface area contributed by atoms with E-state index in [4.69, 9.17) is 4.74 Å². The van der Waals surface area contributed by atoms with Gasteiger partial charge in [-0.25, -0.2) is 8.78 Å². The van der Waals surface area contributed by atoms with E-state index in [1.165, 1.54) is 25.0 Å². The van der Waals surface area contributed by atoms with Crippen molar-refractivity contribution in [2.45, 2.75) is 13.3 Å². The highest BCUT2D eigenvalue weighted by molar-refractivity contribution is 5.91. The summed E-state index contributed by atoms with van der Waals surface area (Å²) in [6, 6.07) is 3.32. The molecule has 0 unspecified atom stereocenters. The summed E-state index contributed by atoms with van der Waals surface area (Å²) in [6.45, 7) is 2.24. The summed E-state index contributed by atoms with van der Waals surface area (Å²) >= 11 is 0. The van der Waals surface area contributed by atoms with Gasteiger partial charge in [-0.1, -0.05) is 6.07 Å². The van der Waals surface area contributed by atoms with Crippen LogP contribution in [0.2, 0.25) is 0 Å². The average Bonchev–Trinajstić information content (AvgIpc) is 2.42. The van der Waals surface area contributed by atoms with Crippen LogP contribution < -0.4 is 5.32 Å². The summed E-state index contributed by atoms with van der Waals surface area (Å²) in [5.74, 6) is -2.45. The van der Waals surface area contributed by atoms with Crippen LogP contribution in [0, 0.1) is 11.6 Å². The van der Waals surface area contributed by atoms with Crippen molar-refractivity contribution >= 4 is 17.5 Å². The van der Waals surface area contributed by atoms with Crippen LogP contribution in [0.15, 0.2) is 18.2 Å². The molecule has 0 aliphatic heterocycles. The van der Waals surface area contributed by atoms with Gasteiger partial charge in [-0.15, -0.1) is 0 Å². The molecule has 21 heavy (non-hydrogen) atoms. The number of carbonyl (C=O) groups is 2. The van der Waals surface area contributed by atoms with E-state index in [-0.39, 0.29) is 18.9 Å². The van der Waals surface area contributed by atoms with Gasteiger partial charge in [-0.2, -0.15) is 0 Å². The molecule has 0 spiro atoms. The Kier molecular flexibility index (Phi) is 6.74. The average molecular weight is 300 g/mol. The molecule has 7 heteroatoms. The molecule has 1 aromatic rings. The number of para-hydroxylation sites is 1. The van der Waals surface area contributed by atoms with Crippen LogP contribution in [0.3, 0.4) is 0 Å². The number of anilines is 1. The number of hydrogen-bond acceptors (Lipinski definition) is 3. The molecule has 0 radical (unpaired) electrons. The lowest BCUT2D eigenvalue weighted by atomic mass is 10.2. The first-order valence-corrected chi connectivity index (χ1v) is 6.44. The van der Waals surface area contributed by atoms with Crippen LogP contribution in [0.5, 0.6) is 0 Å². The van der Waals surface area contributed by atoms with E-state index in [1.807, 2.05) is 0 Å². The normalized spacial score (nSPS) is 10.3. The molecule has 0 atom stereocenters. The van der Waals surface area contributed by atoms with Gasteiger partial charge in [0.15, 0.2) is 0 Å². The Morgan fingerprint density at radius 1 is 1.24 bits per heavy atom. The van der Waals surface area contributed by atoms with Crippen LogP contribution in [0.1, 0.15) is 13.3 Å². The first-order chi connectivity index (χ1) is 9.95. The highest BCUT2D eigenvalue weighted by Crippen LogP contribution is 2.18. The van der Waals surface area contributed by atoms with E-state index in [2.05, 4.69) is 5.32 Å². The van der Waals surface area contributed by atoms with Crippen molar-refractivity contribution in [3.05, 3.63) is 29.8 Å². The molecule has 1 rings (SSSR count). The number of rotatable bonds is 7. The fourth-order valence-corrected chi connectivity index (χ4v) is 1.68. The van der Waals surface area contributed by atoms with Gasteiger partial charge in [0.05, 0.1) is 6.61 Å². The van der Waals surface area contributed by atoms with Crippen LogP contribution in [-0.4, -0.2) is 43.5 Å². The van der Waals surface area contributed by atoms with Crippen molar-refractivity contribution < 1.29 is 23.1 Å². The maximum atomic E-state index is 13.4. The molecule has 0 aliphatic carbocycles. The Hall–Kier alpha value is -2.02. The fraction of sp³-hybridized carbons (Fsp3) is 0.429. The number of halogens is 2. The number of nitrogens with one attached hydrogen (secondary N) is 1. The van der Waals surface area contributed by atoms with Gasteiger partial charge in [0.2, 0.25) is 11.8 Å². The van der Waals surface area contributed by atoms with E-state index in [0.717, 1.165) is 12.1 Å². The van der Waals surface area contributed by atoms with Crippen molar-refractivity contribution in [3.63, 3.8) is 0 Å². The monoisotopic (exact) mass is 300 g/mol. The van der Waals surface area contributed by atoms with Crippen molar-refractivity contribution in [3.8, 4) is 0 Å². The van der Waals surface area contributed by atoms with Crippen molar-refractivity contribution in [2.75, 3.05) is 32.1 Å². The molecule has 0 fully saturated rings. The summed E-state index contributed by atoms with van der Waals surface area (Å²) in [7, 11) is 1.51. The minimum absolute atomic E-state index is 0.0585. The van der Waals surface area contributed by atoms with Crippen LogP contribution in [-0.2, 0) is 14.3 Å². The molecule has 0 saturated carbocycles. The van der Waals surface area contributed by atoms with Gasteiger partial charge >= 0.3 is 0 Å². The molecule has 116 valence electrons. The van der Waals surface area contributed by atoms with Gasteiger partial charge in [-0.05, 0) is 12.1 Å². The topological polar surface area (TPSA) is 58.6 Å². The minimum Gasteiger partial charge on any atom is -0.383 e. The maximum absolute atomic E-state index is 13.4. The minimum atomic E-state index is -0.842. The van der Waals surface area contributed by atoms with Crippen molar-refractivity contribution in [2.24, 2.45) is 0 Å². The van der Waals surface area contributed by atoms with E-state index in [1.54, 1.807) is 0 Å². The van der Waals surface area contributed by atoms with Crippen LogP contribution in [0.25, 0.3) is 0 Å². The number of methoxy groups -OCH3 is 1. The molecule has 0 heterocycles. The van der Waals surface area contributed by atoms with Gasteiger partial charge in [0, 0.05) is 33.5 Å². The van der Waals surface area contributed by atoms with E-state index < -0.39 is 23.2 Å². The van der Waals surface area contributed by atoms with Gasteiger partial charge in [0.25, 0.3) is 0 Å². The standard InChI is InChI=1S/C14H18F2N2O3/c1-10(19)18(8-9-21-2)7-6-13(20)17-14-11(15)4-3-5-12(14)16/h3-5H,6-9H2,1-2H3,(H,17,20). The van der Waals surface area contributed by atoms with Crippen LogP contribution >= 0.6 is 0 Å². The van der Waals surface area contributed by atoms with E-state index in [9.17, 15) is 18.4 Å². The molecule has 0 aromatic heterocycles. The zero-order valence-corrected chi connectivity index (χ0v) is 12.0. The zero-order chi connectivity index (χ0) is 15.8. The molecule has 0 bridgehead atoms. The largest absolute Gasteiger partial charge is 0.383 e. The quantitative estimate of drug-likeness (QED) is 0.835. The second-order valence-corrected chi connectivity index (χ2v) is 4.39. The molecule has 5 nitrogen and oxygen atoms in total. The molecule has 1 aromatic carbocycles. The number of nitrogens with zero attached hydrogens (tertiary/aromatic N) is 1. The second-order valence-electron chi connectivity index (χ2n) is 4.39. The third kappa shape index (κ3) is 5.47. The predicted octanol–water partition coefficient (Wildman–Crippen LogP) is 1.79. The molecule has 0 aliphatic rings. The lowest BCUT2D eigenvalue weighted by molar-refractivity contribution is -0.130. The third-order valence-corrected chi connectivity index (χ3v) is 2.85. The lowest BCUT2D eigenvalue weighted by Crippen LogP contribution is -2.34. The smallest absolute Gasteiger partial charge is 0.226 e. The summed E-state index contributed by atoms with van der Waals surface area (Å²) in [5.41, 5.74) is -0.478. The molecular weight excluding hydrogens is 282 g/mol. The van der Waals surface area contributed by atoms with Crippen molar-refractivity contribution in [1.29, 1.82) is 0 Å². The number of amides is 2. The Balaban J connectivity index is 2.55. The maximum Gasteiger partial charge on any atom is 0.226 e. The molecular formula is C14H18F2N2O3. The number of carbonyl (C=O) groups excluding carboxylic acids is 2. The van der Waals surface area contributed by atoms with Crippen LogP contribution in [0.4, 0.5) is 14.5 Å². The Morgan fingerprint density at radius 3 is 2.38 bits per heavy atom. The summed E-state index contributed by atoms with van der Waals surface area (Å²) in [6.07, 6.45) is -0.0585. The highest BCUT2D eigenvalue weighted by Gasteiger charge is 2.14.